The molecule has 0 saturated heterocycles. The van der Waals surface area contributed by atoms with Gasteiger partial charge in [0.2, 0.25) is 5.91 Å². The maximum absolute atomic E-state index is 10.4. The van der Waals surface area contributed by atoms with Gasteiger partial charge in [0.1, 0.15) is 0 Å². The number of hydrogen-bond donors (Lipinski definition) is 0. The fourth-order valence-corrected chi connectivity index (χ4v) is 1.59. The molecule has 0 unspecified atom stereocenters. The summed E-state index contributed by atoms with van der Waals surface area (Å²) in [4.78, 5) is 10.4. The third-order valence-electron chi connectivity index (χ3n) is 1.76. The van der Waals surface area contributed by atoms with Gasteiger partial charge in [-0.2, -0.15) is 0 Å². The van der Waals surface area contributed by atoms with Crippen LogP contribution in [0.2, 0.25) is 0 Å². The Kier molecular flexibility index (Phi) is 3.96. The number of nitrogens with one attached hydrogen (secondary N) is 1. The molecule has 0 heterocycles. The number of carbonyl (C=O) groups excluding carboxylic acids is 1. The van der Waals surface area contributed by atoms with Gasteiger partial charge >= 0.3 is 0 Å². The van der Waals surface area contributed by atoms with E-state index in [4.69, 9.17) is 5.73 Å². The Hall–Kier alpha value is -0.830. The quantitative estimate of drug-likeness (QED) is 0.798. The molecule has 1 N–H and O–H groups in total. The van der Waals surface area contributed by atoms with Gasteiger partial charge in [-0.15, -0.1) is 0 Å². The minimum absolute atomic E-state index is 0.354. The summed E-state index contributed by atoms with van der Waals surface area (Å²) in [6.07, 6.45) is 1.98. The predicted molar refractivity (Wildman–Crippen MR) is 55.2 cm³/mol. The molecular weight excluding hydrogens is 230 g/mol. The fraction of sp³-hybridized carbons (Fsp3) is 0.300. The average molecular weight is 241 g/mol. The molecule has 0 fully saturated rings. The number of hydrogen-bond acceptors (Lipinski definition) is 1. The van der Waals surface area contributed by atoms with Crippen molar-refractivity contribution in [3.8, 4) is 0 Å². The number of aryl methyl sites for hydroxylation is 1. The summed E-state index contributed by atoms with van der Waals surface area (Å²) in [5.74, 6) is -0.477. The fourth-order valence-electron chi connectivity index (χ4n) is 1.15. The van der Waals surface area contributed by atoms with Gasteiger partial charge in [-0.25, -0.2) is 0 Å². The molecule has 1 aromatic carbocycles. The van der Waals surface area contributed by atoms with E-state index < -0.39 is 5.91 Å². The van der Waals surface area contributed by atoms with Gasteiger partial charge in [-0.05, 0) is 30.5 Å². The van der Waals surface area contributed by atoms with Crippen LogP contribution in [0.1, 0.15) is 18.4 Å². The van der Waals surface area contributed by atoms with Crippen molar-refractivity contribution in [2.75, 3.05) is 0 Å². The predicted octanol–water partition coefficient (Wildman–Crippen LogP) is 2.58. The first-order chi connectivity index (χ1) is 6.18. The molecule has 1 radical (unpaired) electrons. The highest BCUT2D eigenvalue weighted by atomic mass is 79.9. The summed E-state index contributed by atoms with van der Waals surface area (Å²) >= 11 is 3.38. The lowest BCUT2D eigenvalue weighted by Crippen LogP contribution is -1.98. The zero-order valence-corrected chi connectivity index (χ0v) is 8.80. The molecule has 0 spiro atoms. The summed E-state index contributed by atoms with van der Waals surface area (Å²) in [6, 6.07) is 8.01. The van der Waals surface area contributed by atoms with Crippen molar-refractivity contribution in [2.24, 2.45) is 0 Å². The molecule has 1 rings (SSSR count). The topological polar surface area (TPSA) is 40.9 Å². The Bertz CT molecular complexity index is 299. The Morgan fingerprint density at radius 1 is 1.46 bits per heavy atom. The van der Waals surface area contributed by atoms with Gasteiger partial charge in [-0.3, -0.25) is 10.5 Å². The van der Waals surface area contributed by atoms with Crippen molar-refractivity contribution >= 4 is 21.8 Å². The van der Waals surface area contributed by atoms with E-state index in [0.717, 1.165) is 17.3 Å². The molecule has 3 heteroatoms. The zero-order valence-electron chi connectivity index (χ0n) is 7.22. The monoisotopic (exact) mass is 240 g/mol. The molecule has 2 nitrogen and oxygen atoms in total. The van der Waals surface area contributed by atoms with Gasteiger partial charge in [0, 0.05) is 10.9 Å². The first-order valence-corrected chi connectivity index (χ1v) is 4.96. The maximum atomic E-state index is 10.4. The lowest BCUT2D eigenvalue weighted by molar-refractivity contribution is -0.118. The van der Waals surface area contributed by atoms with E-state index in [2.05, 4.69) is 15.9 Å². The summed E-state index contributed by atoms with van der Waals surface area (Å²) in [7, 11) is 0. The first kappa shape index (κ1) is 10.3. The van der Waals surface area contributed by atoms with Crippen LogP contribution in [0, 0.1) is 0 Å². The number of benzene rings is 1. The standard InChI is InChI=1S/C10H11BrNO/c11-9-5-1-3-8(7-9)4-2-6-10(12)13/h1,3,5,7,12H,2,4,6H2. The molecule has 1 amide bonds. The highest BCUT2D eigenvalue weighted by Crippen LogP contribution is 2.13. The Morgan fingerprint density at radius 2 is 2.23 bits per heavy atom. The van der Waals surface area contributed by atoms with E-state index in [1.54, 1.807) is 0 Å². The number of halogens is 1. The van der Waals surface area contributed by atoms with Crippen LogP contribution in [0.3, 0.4) is 0 Å². The van der Waals surface area contributed by atoms with Crippen LogP contribution in [-0.4, -0.2) is 5.91 Å². The SMILES string of the molecule is [NH]C(=O)CCCc1cccc(Br)c1. The smallest absolute Gasteiger partial charge is 0.238 e. The van der Waals surface area contributed by atoms with Crippen molar-refractivity contribution in [3.63, 3.8) is 0 Å². The normalized spacial score (nSPS) is 9.92. The van der Waals surface area contributed by atoms with Crippen LogP contribution < -0.4 is 5.73 Å². The van der Waals surface area contributed by atoms with Gasteiger partial charge in [0.15, 0.2) is 0 Å². The molecule has 0 aromatic heterocycles. The average Bonchev–Trinajstić information content (AvgIpc) is 2.03. The highest BCUT2D eigenvalue weighted by Gasteiger charge is 1.97. The van der Waals surface area contributed by atoms with E-state index in [1.165, 1.54) is 5.56 Å². The summed E-state index contributed by atoms with van der Waals surface area (Å²) < 4.78 is 1.06. The third-order valence-corrected chi connectivity index (χ3v) is 2.25. The summed E-state index contributed by atoms with van der Waals surface area (Å²) in [5, 5.41) is 0. The first-order valence-electron chi connectivity index (χ1n) is 4.17. The molecule has 0 aliphatic carbocycles. The number of rotatable bonds is 4. The van der Waals surface area contributed by atoms with E-state index in [1.807, 2.05) is 24.3 Å². The molecule has 13 heavy (non-hydrogen) atoms. The van der Waals surface area contributed by atoms with Crippen molar-refractivity contribution in [1.29, 1.82) is 0 Å². The lowest BCUT2D eigenvalue weighted by atomic mass is 10.1. The van der Waals surface area contributed by atoms with Crippen molar-refractivity contribution in [2.45, 2.75) is 19.3 Å². The van der Waals surface area contributed by atoms with Crippen LogP contribution >= 0.6 is 15.9 Å². The molecule has 1 aromatic rings. The molecule has 0 atom stereocenters. The van der Waals surface area contributed by atoms with Gasteiger partial charge in [0.25, 0.3) is 0 Å². The molecule has 0 bridgehead atoms. The van der Waals surface area contributed by atoms with Crippen molar-refractivity contribution < 1.29 is 4.79 Å². The van der Waals surface area contributed by atoms with Crippen LogP contribution in [0.4, 0.5) is 0 Å². The van der Waals surface area contributed by atoms with E-state index >= 15 is 0 Å². The van der Waals surface area contributed by atoms with Gasteiger partial charge in [0.05, 0.1) is 0 Å². The lowest BCUT2D eigenvalue weighted by Gasteiger charge is -1.99. The molecule has 0 saturated carbocycles. The van der Waals surface area contributed by atoms with Gasteiger partial charge in [-0.1, -0.05) is 28.1 Å². The van der Waals surface area contributed by atoms with E-state index in [0.29, 0.717) is 6.42 Å². The van der Waals surface area contributed by atoms with Crippen LogP contribution in [0.25, 0.3) is 0 Å². The van der Waals surface area contributed by atoms with E-state index in [9.17, 15) is 4.79 Å². The van der Waals surface area contributed by atoms with Crippen LogP contribution in [0.15, 0.2) is 28.7 Å². The Balaban J connectivity index is 2.41. The van der Waals surface area contributed by atoms with Crippen LogP contribution in [-0.2, 0) is 11.2 Å². The molecular formula is C10H11BrNO. The minimum Gasteiger partial charge on any atom is -0.273 e. The number of amides is 1. The Morgan fingerprint density at radius 3 is 2.85 bits per heavy atom. The van der Waals surface area contributed by atoms with Crippen molar-refractivity contribution in [1.82, 2.24) is 5.73 Å². The number of carbonyl (C=O) groups is 1. The zero-order chi connectivity index (χ0) is 9.68. The Labute approximate surface area is 86.3 Å². The second-order valence-corrected chi connectivity index (χ2v) is 3.82. The molecule has 69 valence electrons. The summed E-state index contributed by atoms with van der Waals surface area (Å²) in [5.41, 5.74) is 7.94. The van der Waals surface area contributed by atoms with E-state index in [-0.39, 0.29) is 0 Å². The maximum Gasteiger partial charge on any atom is 0.238 e. The van der Waals surface area contributed by atoms with Gasteiger partial charge < -0.3 is 0 Å². The molecule has 0 aliphatic rings. The minimum atomic E-state index is -0.477. The molecule has 0 aliphatic heterocycles. The summed E-state index contributed by atoms with van der Waals surface area (Å²) in [6.45, 7) is 0. The highest BCUT2D eigenvalue weighted by molar-refractivity contribution is 9.10. The second kappa shape index (κ2) is 5.02. The second-order valence-electron chi connectivity index (χ2n) is 2.91. The van der Waals surface area contributed by atoms with Crippen LogP contribution in [0.5, 0.6) is 0 Å². The third kappa shape index (κ3) is 4.08. The largest absolute Gasteiger partial charge is 0.273 e. The van der Waals surface area contributed by atoms with Crippen molar-refractivity contribution in [3.05, 3.63) is 34.3 Å².